The fraction of sp³-hybridized carbons (Fsp3) is 0.424. The molecule has 0 bridgehead atoms. The monoisotopic (exact) mass is 644 g/mol. The van der Waals surface area contributed by atoms with Gasteiger partial charge in [-0.25, -0.2) is 0 Å². The summed E-state index contributed by atoms with van der Waals surface area (Å²) >= 11 is 0. The summed E-state index contributed by atoms with van der Waals surface area (Å²) in [5.41, 5.74) is 6.41. The Morgan fingerprint density at radius 1 is 0.750 bits per heavy atom. The Bertz CT molecular complexity index is 1690. The van der Waals surface area contributed by atoms with Gasteiger partial charge in [0.15, 0.2) is 5.71 Å². The fourth-order valence-corrected chi connectivity index (χ4v) is 7.37. The minimum Gasteiger partial charge on any atom is -0.870 e. The molecule has 44 heavy (non-hydrogen) atoms. The van der Waals surface area contributed by atoms with E-state index in [0.717, 1.165) is 22.8 Å². The van der Waals surface area contributed by atoms with Crippen molar-refractivity contribution in [1.29, 1.82) is 0 Å². The average Bonchev–Trinajstić information content (AvgIpc) is 3.27. The second-order valence-electron chi connectivity index (χ2n) is 12.3. The molecule has 0 amide bonds. The molecule has 0 aromatic heterocycles. The number of anilines is 1. The number of unbranched alkanes of at least 4 members (excludes halogenated alkanes) is 2. The van der Waals surface area contributed by atoms with Crippen molar-refractivity contribution in [3.05, 3.63) is 95.7 Å². The molecule has 11 heteroatoms. The molecule has 0 aliphatic carbocycles. The molecule has 0 radical (unpaired) electrons. The highest BCUT2D eigenvalue weighted by molar-refractivity contribution is 7.86. The van der Waals surface area contributed by atoms with Gasteiger partial charge in [-0.2, -0.15) is 21.4 Å². The van der Waals surface area contributed by atoms with Crippen LogP contribution in [0.25, 0.3) is 0 Å². The van der Waals surface area contributed by atoms with E-state index < -0.39 is 20.2 Å². The first-order valence-corrected chi connectivity index (χ1v) is 17.9. The Kier molecular flexibility index (Phi) is 11.2. The first-order valence-electron chi connectivity index (χ1n) is 14.7. The largest absolute Gasteiger partial charge is 0.870 e. The molecule has 0 spiro atoms. The van der Waals surface area contributed by atoms with Gasteiger partial charge in [0.1, 0.15) is 6.54 Å². The van der Waals surface area contributed by atoms with E-state index in [1.54, 1.807) is 0 Å². The number of hydrogen-bond acceptors (Lipinski definition) is 6. The van der Waals surface area contributed by atoms with Crippen molar-refractivity contribution >= 4 is 37.3 Å². The van der Waals surface area contributed by atoms with Gasteiger partial charge in [0, 0.05) is 47.5 Å². The maximum absolute atomic E-state index is 11.2. The van der Waals surface area contributed by atoms with Gasteiger partial charge in [-0.15, -0.1) is 0 Å². The predicted molar refractivity (Wildman–Crippen MR) is 176 cm³/mol. The van der Waals surface area contributed by atoms with Crippen LogP contribution in [0.1, 0.15) is 64.5 Å². The van der Waals surface area contributed by atoms with Crippen molar-refractivity contribution in [3.63, 3.8) is 0 Å². The zero-order valence-corrected chi connectivity index (χ0v) is 27.5. The summed E-state index contributed by atoms with van der Waals surface area (Å²) in [6.07, 6.45) is 12.3. The van der Waals surface area contributed by atoms with Crippen molar-refractivity contribution < 1.29 is 36.0 Å². The summed E-state index contributed by atoms with van der Waals surface area (Å²) < 4.78 is 65.3. The van der Waals surface area contributed by atoms with Crippen LogP contribution in [-0.4, -0.2) is 66.3 Å². The summed E-state index contributed by atoms with van der Waals surface area (Å²) in [6.45, 7) is 10.0. The van der Waals surface area contributed by atoms with E-state index >= 15 is 0 Å². The van der Waals surface area contributed by atoms with E-state index in [4.69, 9.17) is 9.11 Å². The van der Waals surface area contributed by atoms with Crippen LogP contribution >= 0.6 is 0 Å². The zero-order valence-electron chi connectivity index (χ0n) is 25.8. The van der Waals surface area contributed by atoms with Crippen LogP contribution in [0.15, 0.2) is 84.6 Å². The maximum Gasteiger partial charge on any atom is 0.264 e. The topological polar surface area (TPSA) is 145 Å². The highest BCUT2D eigenvalue weighted by atomic mass is 32.2. The standard InChI is InChI=1S/C33H42N2O6S2.H2O/c1-32(2)26-16-8-10-18-28(26)34(22-12-14-24-42(36,37)38)30(32)20-6-5-7-21-31-33(3,4)27-17-9-11-19-29(27)35(31)23-13-15-25-43(39,40)41;/h5-11,16-21H,12-15,22-25H2,1-4H3,(H-,36,37,38,39,40,41);1H2. The highest BCUT2D eigenvalue weighted by Gasteiger charge is 2.44. The quantitative estimate of drug-likeness (QED) is 0.117. The van der Waals surface area contributed by atoms with Crippen molar-refractivity contribution in [2.45, 2.75) is 64.2 Å². The Labute approximate surface area is 262 Å². The predicted octanol–water partition coefficient (Wildman–Crippen LogP) is 6.02. The van der Waals surface area contributed by atoms with Crippen LogP contribution in [0.3, 0.4) is 0 Å². The normalized spacial score (nSPS) is 18.3. The van der Waals surface area contributed by atoms with Crippen molar-refractivity contribution in [2.24, 2.45) is 0 Å². The Morgan fingerprint density at radius 2 is 1.34 bits per heavy atom. The van der Waals surface area contributed by atoms with E-state index in [1.807, 2.05) is 42.5 Å². The molecule has 240 valence electrons. The lowest BCUT2D eigenvalue weighted by molar-refractivity contribution is -0.438. The number of para-hydroxylation sites is 2. The molecule has 2 aliphatic rings. The minimum atomic E-state index is -3.98. The van der Waals surface area contributed by atoms with Crippen molar-refractivity contribution in [1.82, 2.24) is 0 Å². The molecule has 2 aromatic rings. The molecule has 2 aromatic carbocycles. The van der Waals surface area contributed by atoms with Gasteiger partial charge in [0.25, 0.3) is 20.2 Å². The first-order chi connectivity index (χ1) is 20.1. The van der Waals surface area contributed by atoms with Crippen LogP contribution < -0.4 is 4.90 Å². The summed E-state index contributed by atoms with van der Waals surface area (Å²) in [4.78, 5) is 2.24. The van der Waals surface area contributed by atoms with Gasteiger partial charge in [-0.1, -0.05) is 68.5 Å². The van der Waals surface area contributed by atoms with Crippen molar-refractivity contribution in [2.75, 3.05) is 29.5 Å². The van der Waals surface area contributed by atoms with Gasteiger partial charge in [-0.05, 0) is 50.8 Å². The van der Waals surface area contributed by atoms with Gasteiger partial charge in [0.2, 0.25) is 5.69 Å². The third-order valence-electron chi connectivity index (χ3n) is 8.40. The molecule has 2 heterocycles. The lowest BCUT2D eigenvalue weighted by Gasteiger charge is -2.27. The molecular formula is C33H44N2O7S2. The highest BCUT2D eigenvalue weighted by Crippen LogP contribution is 2.47. The molecule has 2 aliphatic heterocycles. The number of benzene rings is 2. The van der Waals surface area contributed by atoms with E-state index in [9.17, 15) is 16.8 Å². The fourth-order valence-electron chi connectivity index (χ4n) is 6.23. The number of nitrogens with zero attached hydrogens (tertiary/aromatic N) is 2. The molecule has 0 fully saturated rings. The van der Waals surface area contributed by atoms with Crippen LogP contribution in [0.4, 0.5) is 11.4 Å². The number of rotatable bonds is 13. The first kappa shape index (κ1) is 35.4. The van der Waals surface area contributed by atoms with Crippen molar-refractivity contribution in [3.8, 4) is 0 Å². The smallest absolute Gasteiger partial charge is 0.264 e. The summed E-state index contributed by atoms with van der Waals surface area (Å²) in [7, 11) is -7.96. The van der Waals surface area contributed by atoms with Gasteiger partial charge in [0.05, 0.1) is 16.9 Å². The SMILES string of the molecule is CC1(C)C(/C=C/C=C/C=C2\N(CCCCS(=O)(=O)O)c3ccccc3C2(C)C)=[N+](CCCCS(=O)(=O)O)c2ccccc21.[OH-]. The molecule has 0 unspecified atom stereocenters. The number of fused-ring (bicyclic) bond motifs is 2. The summed E-state index contributed by atoms with van der Waals surface area (Å²) in [5.74, 6) is -0.488. The van der Waals surface area contributed by atoms with Gasteiger partial charge < -0.3 is 10.4 Å². The van der Waals surface area contributed by atoms with Crippen LogP contribution in [-0.2, 0) is 31.1 Å². The second kappa shape index (κ2) is 13.9. The van der Waals surface area contributed by atoms with E-state index in [2.05, 4.69) is 73.6 Å². The molecule has 4 rings (SSSR count). The molecule has 9 nitrogen and oxygen atoms in total. The minimum absolute atomic E-state index is 0. The third-order valence-corrected chi connectivity index (χ3v) is 10.0. The van der Waals surface area contributed by atoms with E-state index in [-0.39, 0.29) is 27.8 Å². The lowest BCUT2D eigenvalue weighted by Crippen LogP contribution is -2.28. The Morgan fingerprint density at radius 3 is 2.00 bits per heavy atom. The molecule has 3 N–H and O–H groups in total. The molecule has 0 saturated heterocycles. The maximum atomic E-state index is 11.2. The molecular weight excluding hydrogens is 601 g/mol. The van der Waals surface area contributed by atoms with E-state index in [1.165, 1.54) is 11.1 Å². The van der Waals surface area contributed by atoms with Crippen LogP contribution in [0.5, 0.6) is 0 Å². The van der Waals surface area contributed by atoms with E-state index in [0.29, 0.717) is 38.8 Å². The number of hydrogen-bond donors (Lipinski definition) is 2. The van der Waals surface area contributed by atoms with Crippen LogP contribution in [0.2, 0.25) is 0 Å². The van der Waals surface area contributed by atoms with Crippen LogP contribution in [0, 0.1) is 0 Å². The average molecular weight is 645 g/mol. The lowest BCUT2D eigenvalue weighted by atomic mass is 9.81. The second-order valence-corrected chi connectivity index (χ2v) is 15.4. The van der Waals surface area contributed by atoms with Gasteiger partial charge in [-0.3, -0.25) is 9.11 Å². The molecule has 0 atom stereocenters. The summed E-state index contributed by atoms with van der Waals surface area (Å²) in [6, 6.07) is 16.5. The third kappa shape index (κ3) is 8.13. The zero-order chi connectivity index (χ0) is 31.5. The Balaban J connectivity index is 0.00000529. The summed E-state index contributed by atoms with van der Waals surface area (Å²) in [5, 5.41) is 0. The van der Waals surface area contributed by atoms with Gasteiger partial charge >= 0.3 is 0 Å². The Hall–Kier alpha value is -3.09. The number of allylic oxidation sites excluding steroid dienone is 6. The molecule has 0 saturated carbocycles.